The van der Waals surface area contributed by atoms with Crippen LogP contribution in [0.3, 0.4) is 0 Å². The Morgan fingerprint density at radius 1 is 0.909 bits per heavy atom. The van der Waals surface area contributed by atoms with Gasteiger partial charge in [0, 0.05) is 25.2 Å². The largest absolute Gasteiger partial charge is 0.378 e. The summed E-state index contributed by atoms with van der Waals surface area (Å²) in [7, 11) is 4.19. The number of hydrogen-bond acceptors (Lipinski definition) is 2. The summed E-state index contributed by atoms with van der Waals surface area (Å²) in [4.78, 5) is 7.07. The molecule has 0 N–H and O–H groups in total. The number of benzene rings is 3. The first kappa shape index (κ1) is 21.2. The molecule has 0 spiro atoms. The Bertz CT molecular complexity index is 1320. The van der Waals surface area contributed by atoms with Crippen molar-refractivity contribution in [1.29, 1.82) is 0 Å². The molecule has 2 heteroatoms. The van der Waals surface area contributed by atoms with Crippen molar-refractivity contribution in [2.75, 3.05) is 19.0 Å². The molecule has 1 heterocycles. The number of aliphatic imine (C=N–C) groups is 1. The van der Waals surface area contributed by atoms with Crippen LogP contribution >= 0.6 is 0 Å². The van der Waals surface area contributed by atoms with Gasteiger partial charge >= 0.3 is 0 Å². The van der Waals surface area contributed by atoms with Crippen LogP contribution in [-0.2, 0) is 11.8 Å². The zero-order chi connectivity index (χ0) is 23.0. The molecular formula is C31H30N2. The quantitative estimate of drug-likeness (QED) is 0.421. The van der Waals surface area contributed by atoms with Crippen molar-refractivity contribution in [2.45, 2.75) is 25.7 Å². The number of fused-ring (bicyclic) bond motifs is 2. The summed E-state index contributed by atoms with van der Waals surface area (Å²) in [6, 6.07) is 25.9. The van der Waals surface area contributed by atoms with Gasteiger partial charge in [0.25, 0.3) is 0 Å². The lowest BCUT2D eigenvalue weighted by atomic mass is 9.81. The van der Waals surface area contributed by atoms with E-state index in [0.717, 1.165) is 17.8 Å². The van der Waals surface area contributed by atoms with E-state index in [-0.39, 0.29) is 5.41 Å². The number of anilines is 1. The molecule has 0 saturated carbocycles. The zero-order valence-electron chi connectivity index (χ0n) is 19.8. The van der Waals surface area contributed by atoms with Crippen LogP contribution in [0.1, 0.15) is 36.1 Å². The second kappa shape index (κ2) is 8.37. The lowest BCUT2D eigenvalue weighted by molar-refractivity contribution is 0.740. The van der Waals surface area contributed by atoms with E-state index in [1.54, 1.807) is 0 Å². The number of nitrogens with zero attached hydrogens (tertiary/aromatic N) is 2. The van der Waals surface area contributed by atoms with Crippen molar-refractivity contribution in [3.63, 3.8) is 0 Å². The predicted octanol–water partition coefficient (Wildman–Crippen LogP) is 7.40. The molecule has 0 amide bonds. The average molecular weight is 431 g/mol. The Hall–Kier alpha value is -3.65. The van der Waals surface area contributed by atoms with Crippen molar-refractivity contribution in [1.82, 2.24) is 0 Å². The molecule has 0 radical (unpaired) electrons. The summed E-state index contributed by atoms with van der Waals surface area (Å²) in [6.07, 6.45) is 9.85. The zero-order valence-corrected chi connectivity index (χ0v) is 19.8. The van der Waals surface area contributed by atoms with E-state index < -0.39 is 0 Å². The molecule has 1 aliphatic heterocycles. The molecule has 0 fully saturated rings. The number of rotatable bonds is 4. The molecule has 0 atom stereocenters. The normalized spacial score (nSPS) is 17.5. The summed E-state index contributed by atoms with van der Waals surface area (Å²) in [5.41, 5.74) is 11.2. The Morgan fingerprint density at radius 2 is 1.67 bits per heavy atom. The van der Waals surface area contributed by atoms with Gasteiger partial charge < -0.3 is 4.90 Å². The van der Waals surface area contributed by atoms with E-state index in [9.17, 15) is 0 Å². The van der Waals surface area contributed by atoms with Gasteiger partial charge in [0.15, 0.2) is 0 Å². The maximum atomic E-state index is 4.90. The van der Waals surface area contributed by atoms with Crippen LogP contribution in [0.25, 0.3) is 11.1 Å². The van der Waals surface area contributed by atoms with Gasteiger partial charge in [0.1, 0.15) is 0 Å². The second-order valence-corrected chi connectivity index (χ2v) is 9.57. The van der Waals surface area contributed by atoms with Crippen molar-refractivity contribution < 1.29 is 0 Å². The molecule has 33 heavy (non-hydrogen) atoms. The van der Waals surface area contributed by atoms with Crippen molar-refractivity contribution in [3.8, 4) is 0 Å². The van der Waals surface area contributed by atoms with Crippen molar-refractivity contribution in [2.24, 2.45) is 4.99 Å². The van der Waals surface area contributed by atoms with Crippen LogP contribution in [0.15, 0.2) is 102 Å². The van der Waals surface area contributed by atoms with E-state index in [1.165, 1.54) is 39.1 Å². The molecule has 2 nitrogen and oxygen atoms in total. The second-order valence-electron chi connectivity index (χ2n) is 9.57. The summed E-state index contributed by atoms with van der Waals surface area (Å²) in [6.45, 7) is 4.50. The summed E-state index contributed by atoms with van der Waals surface area (Å²) in [5.74, 6) is 0. The fourth-order valence-electron chi connectivity index (χ4n) is 4.78. The molecule has 3 aromatic carbocycles. The molecule has 0 saturated heterocycles. The smallest absolute Gasteiger partial charge is 0.0674 e. The lowest BCUT2D eigenvalue weighted by Gasteiger charge is -2.23. The van der Waals surface area contributed by atoms with Crippen LogP contribution in [0.2, 0.25) is 0 Å². The van der Waals surface area contributed by atoms with E-state index in [4.69, 9.17) is 4.99 Å². The number of para-hydroxylation sites is 1. The standard InChI is InChI=1S/C31H30N2/c1-31(2)28-14-8-9-15-29(28)32-30(31)16-10-13-23-19-24(22-11-6-5-7-12-22)20-25-21-26(33(3)4)17-18-27(23)25/h5-19,21H,20H2,1-4H3/b16-10+,23-13+. The molecule has 0 aromatic heterocycles. The minimum atomic E-state index is -0.0816. The average Bonchev–Trinajstić information content (AvgIpc) is 3.09. The molecule has 0 bridgehead atoms. The number of hydrogen-bond donors (Lipinski definition) is 0. The molecule has 1 aliphatic carbocycles. The van der Waals surface area contributed by atoms with Gasteiger partial charge in [-0.1, -0.05) is 86.7 Å². The van der Waals surface area contributed by atoms with Gasteiger partial charge in [-0.2, -0.15) is 0 Å². The molecule has 2 aliphatic rings. The van der Waals surface area contributed by atoms with Crippen molar-refractivity contribution in [3.05, 3.63) is 119 Å². The highest BCUT2D eigenvalue weighted by molar-refractivity contribution is 6.08. The fourth-order valence-corrected chi connectivity index (χ4v) is 4.78. The monoisotopic (exact) mass is 430 g/mol. The van der Waals surface area contributed by atoms with Gasteiger partial charge in [-0.25, -0.2) is 0 Å². The molecule has 5 rings (SSSR count). The van der Waals surface area contributed by atoms with Crippen LogP contribution < -0.4 is 4.90 Å². The third-order valence-electron chi connectivity index (χ3n) is 6.76. The number of allylic oxidation sites excluding steroid dienone is 6. The summed E-state index contributed by atoms with van der Waals surface area (Å²) in [5, 5.41) is 0. The van der Waals surface area contributed by atoms with E-state index in [0.29, 0.717) is 0 Å². The molecule has 0 unspecified atom stereocenters. The van der Waals surface area contributed by atoms with E-state index in [2.05, 4.69) is 130 Å². The molecule has 164 valence electrons. The van der Waals surface area contributed by atoms with Gasteiger partial charge in [0.05, 0.1) is 11.4 Å². The Morgan fingerprint density at radius 3 is 2.42 bits per heavy atom. The third-order valence-corrected chi connectivity index (χ3v) is 6.76. The first-order valence-electron chi connectivity index (χ1n) is 11.6. The minimum absolute atomic E-state index is 0.0816. The predicted molar refractivity (Wildman–Crippen MR) is 143 cm³/mol. The van der Waals surface area contributed by atoms with Crippen LogP contribution in [0.5, 0.6) is 0 Å². The van der Waals surface area contributed by atoms with Crippen molar-refractivity contribution >= 4 is 28.2 Å². The first-order chi connectivity index (χ1) is 15.9. The topological polar surface area (TPSA) is 15.6 Å². The Labute approximate surface area is 197 Å². The summed E-state index contributed by atoms with van der Waals surface area (Å²) >= 11 is 0. The highest BCUT2D eigenvalue weighted by Crippen LogP contribution is 2.40. The minimum Gasteiger partial charge on any atom is -0.378 e. The SMILES string of the molecule is CN(C)c1ccc2c(c1)CC(c1ccccc1)=C/C2=C\C=C\C1=Nc2ccccc2C1(C)C. The van der Waals surface area contributed by atoms with E-state index >= 15 is 0 Å². The Kier molecular flexibility index (Phi) is 5.38. The first-order valence-corrected chi connectivity index (χ1v) is 11.6. The van der Waals surface area contributed by atoms with Gasteiger partial charge in [-0.05, 0) is 64.1 Å². The Balaban J connectivity index is 1.53. The van der Waals surface area contributed by atoms with Crippen LogP contribution in [-0.4, -0.2) is 19.8 Å². The fraction of sp³-hybridized carbons (Fsp3) is 0.194. The highest BCUT2D eigenvalue weighted by atomic mass is 15.1. The van der Waals surface area contributed by atoms with Gasteiger partial charge in [-0.15, -0.1) is 0 Å². The highest BCUT2D eigenvalue weighted by Gasteiger charge is 2.32. The van der Waals surface area contributed by atoms with Crippen LogP contribution in [0, 0.1) is 0 Å². The van der Waals surface area contributed by atoms with Crippen LogP contribution in [0.4, 0.5) is 11.4 Å². The molecule has 3 aromatic rings. The summed E-state index contributed by atoms with van der Waals surface area (Å²) < 4.78 is 0. The third kappa shape index (κ3) is 3.98. The maximum absolute atomic E-state index is 4.90. The molecular weight excluding hydrogens is 400 g/mol. The maximum Gasteiger partial charge on any atom is 0.0674 e. The van der Waals surface area contributed by atoms with E-state index in [1.807, 2.05) is 0 Å². The lowest BCUT2D eigenvalue weighted by Crippen LogP contribution is -2.23. The van der Waals surface area contributed by atoms with Gasteiger partial charge in [-0.3, -0.25) is 4.99 Å². The van der Waals surface area contributed by atoms with Gasteiger partial charge in [0.2, 0.25) is 0 Å².